The molecule has 8 nitrogen and oxygen atoms in total. The lowest BCUT2D eigenvalue weighted by Gasteiger charge is -2.34. The van der Waals surface area contributed by atoms with Crippen molar-refractivity contribution in [3.8, 4) is 5.75 Å². The number of para-hydroxylation sites is 2. The smallest absolute Gasteiger partial charge is 0.272 e. The molecule has 0 saturated carbocycles. The van der Waals surface area contributed by atoms with Gasteiger partial charge in [0.1, 0.15) is 5.75 Å². The minimum absolute atomic E-state index is 0.00682. The number of oxime groups is 1. The normalized spacial score (nSPS) is 19.5. The summed E-state index contributed by atoms with van der Waals surface area (Å²) in [5.41, 5.74) is 7.74. The lowest BCUT2D eigenvalue weighted by atomic mass is 10.0. The monoisotopic (exact) mass is 438 g/mol. The predicted molar refractivity (Wildman–Crippen MR) is 122 cm³/mol. The zero-order valence-electron chi connectivity index (χ0n) is 18.2. The largest absolute Gasteiger partial charge is 0.474 e. The molecular formula is C24H30N4O4. The summed E-state index contributed by atoms with van der Waals surface area (Å²) in [6, 6.07) is 14.7. The molecule has 2 heterocycles. The van der Waals surface area contributed by atoms with Crippen LogP contribution in [0.25, 0.3) is 0 Å². The Morgan fingerprint density at radius 3 is 2.66 bits per heavy atom. The van der Waals surface area contributed by atoms with Crippen molar-refractivity contribution in [3.05, 3.63) is 59.7 Å². The van der Waals surface area contributed by atoms with E-state index < -0.39 is 6.10 Å². The molecule has 3 N–H and O–H groups in total. The second kappa shape index (κ2) is 10.5. The standard InChI is InChI=1S/C24H30N4O4/c25-23(26-30)19-8-6-7-18(17-19)22-24(29)28(20-9-2-3-10-21(20)32-22)12-5-1-4-11-27-13-15-31-16-14-27/h2-3,6-10,17,22,30H,1,4-5,11-16H2,(H2,25,26). The van der Waals surface area contributed by atoms with Crippen LogP contribution in [-0.2, 0) is 9.53 Å². The zero-order chi connectivity index (χ0) is 22.3. The minimum atomic E-state index is -0.773. The van der Waals surface area contributed by atoms with E-state index in [0.717, 1.165) is 57.8 Å². The zero-order valence-corrected chi connectivity index (χ0v) is 18.2. The molecule has 0 spiro atoms. The van der Waals surface area contributed by atoms with Crippen molar-refractivity contribution in [2.24, 2.45) is 10.9 Å². The van der Waals surface area contributed by atoms with Gasteiger partial charge in [0.05, 0.1) is 18.9 Å². The number of amides is 1. The molecule has 0 radical (unpaired) electrons. The van der Waals surface area contributed by atoms with Crippen LogP contribution in [0.4, 0.5) is 5.69 Å². The average Bonchev–Trinajstić information content (AvgIpc) is 2.85. The molecule has 2 aliphatic rings. The quantitative estimate of drug-likeness (QED) is 0.216. The number of carbonyl (C=O) groups is 1. The van der Waals surface area contributed by atoms with E-state index in [1.807, 2.05) is 35.2 Å². The van der Waals surface area contributed by atoms with Gasteiger partial charge in [-0.15, -0.1) is 0 Å². The highest BCUT2D eigenvalue weighted by Crippen LogP contribution is 2.39. The molecule has 1 amide bonds. The Hall–Kier alpha value is -3.10. The van der Waals surface area contributed by atoms with E-state index in [1.165, 1.54) is 0 Å². The predicted octanol–water partition coefficient (Wildman–Crippen LogP) is 2.75. The van der Waals surface area contributed by atoms with Crippen LogP contribution >= 0.6 is 0 Å². The molecule has 1 fully saturated rings. The molecule has 0 bridgehead atoms. The third-order valence-corrected chi connectivity index (χ3v) is 5.94. The van der Waals surface area contributed by atoms with E-state index in [0.29, 0.717) is 23.4 Å². The maximum atomic E-state index is 13.4. The van der Waals surface area contributed by atoms with Gasteiger partial charge in [-0.1, -0.05) is 41.9 Å². The number of ether oxygens (including phenoxy) is 2. The first kappa shape index (κ1) is 22.1. The molecule has 1 unspecified atom stereocenters. The van der Waals surface area contributed by atoms with Crippen LogP contribution in [0.5, 0.6) is 5.75 Å². The van der Waals surface area contributed by atoms with Crippen LogP contribution in [0.1, 0.15) is 36.5 Å². The van der Waals surface area contributed by atoms with Crippen LogP contribution in [0.15, 0.2) is 53.7 Å². The van der Waals surface area contributed by atoms with E-state index in [-0.39, 0.29) is 11.7 Å². The number of hydrogen-bond donors (Lipinski definition) is 2. The number of nitrogens with zero attached hydrogens (tertiary/aromatic N) is 3. The van der Waals surface area contributed by atoms with Gasteiger partial charge in [0, 0.05) is 30.8 Å². The third kappa shape index (κ3) is 5.03. The second-order valence-electron chi connectivity index (χ2n) is 8.08. The van der Waals surface area contributed by atoms with Gasteiger partial charge in [-0.3, -0.25) is 9.69 Å². The number of anilines is 1. The maximum absolute atomic E-state index is 13.4. The molecule has 8 heteroatoms. The Bertz CT molecular complexity index is 959. The number of fused-ring (bicyclic) bond motifs is 1. The molecule has 2 aliphatic heterocycles. The Kier molecular flexibility index (Phi) is 7.24. The number of amidine groups is 1. The van der Waals surface area contributed by atoms with Crippen molar-refractivity contribution in [1.29, 1.82) is 0 Å². The fourth-order valence-electron chi connectivity index (χ4n) is 4.18. The summed E-state index contributed by atoms with van der Waals surface area (Å²) >= 11 is 0. The molecule has 32 heavy (non-hydrogen) atoms. The molecule has 2 aromatic carbocycles. The molecule has 0 aliphatic carbocycles. The van der Waals surface area contributed by atoms with Crippen molar-refractivity contribution < 1.29 is 19.5 Å². The van der Waals surface area contributed by atoms with E-state index in [4.69, 9.17) is 20.4 Å². The Morgan fingerprint density at radius 2 is 1.84 bits per heavy atom. The van der Waals surface area contributed by atoms with Gasteiger partial charge in [-0.05, 0) is 37.6 Å². The number of hydrogen-bond acceptors (Lipinski definition) is 6. The first-order chi connectivity index (χ1) is 15.7. The van der Waals surface area contributed by atoms with E-state index >= 15 is 0 Å². The van der Waals surface area contributed by atoms with Gasteiger partial charge in [-0.2, -0.15) is 0 Å². The minimum Gasteiger partial charge on any atom is -0.474 e. The lowest BCUT2D eigenvalue weighted by molar-refractivity contribution is -0.126. The number of morpholine rings is 1. The van der Waals surface area contributed by atoms with Crippen molar-refractivity contribution >= 4 is 17.4 Å². The highest BCUT2D eigenvalue weighted by Gasteiger charge is 2.35. The summed E-state index contributed by atoms with van der Waals surface area (Å²) in [6.45, 7) is 5.34. The van der Waals surface area contributed by atoms with Crippen LogP contribution in [0.3, 0.4) is 0 Å². The highest BCUT2D eigenvalue weighted by molar-refractivity contribution is 6.01. The topological polar surface area (TPSA) is 101 Å². The number of rotatable bonds is 8. The number of nitrogens with two attached hydrogens (primary N) is 1. The van der Waals surface area contributed by atoms with Gasteiger partial charge in [0.25, 0.3) is 5.91 Å². The molecule has 1 saturated heterocycles. The SMILES string of the molecule is N/C(=N\O)c1cccc(C2Oc3ccccc3N(CCCCCN3CCOCC3)C2=O)c1. The van der Waals surface area contributed by atoms with Crippen molar-refractivity contribution in [1.82, 2.24) is 4.90 Å². The van der Waals surface area contributed by atoms with Gasteiger partial charge < -0.3 is 25.3 Å². The van der Waals surface area contributed by atoms with Crippen LogP contribution in [-0.4, -0.2) is 61.2 Å². The van der Waals surface area contributed by atoms with E-state index in [9.17, 15) is 4.79 Å². The number of carbonyl (C=O) groups excluding carboxylic acids is 1. The van der Waals surface area contributed by atoms with Crippen LogP contribution < -0.4 is 15.4 Å². The van der Waals surface area contributed by atoms with Gasteiger partial charge in [0.15, 0.2) is 5.84 Å². The fourth-order valence-corrected chi connectivity index (χ4v) is 4.18. The summed E-state index contributed by atoms with van der Waals surface area (Å²) < 4.78 is 11.5. The summed E-state index contributed by atoms with van der Waals surface area (Å²) in [5.74, 6) is 0.570. The van der Waals surface area contributed by atoms with Crippen molar-refractivity contribution in [2.75, 3.05) is 44.3 Å². The second-order valence-corrected chi connectivity index (χ2v) is 8.08. The lowest BCUT2D eigenvalue weighted by Crippen LogP contribution is -2.41. The van der Waals surface area contributed by atoms with Gasteiger partial charge in [0.2, 0.25) is 6.10 Å². The first-order valence-corrected chi connectivity index (χ1v) is 11.1. The summed E-state index contributed by atoms with van der Waals surface area (Å²) in [5, 5.41) is 12.0. The van der Waals surface area contributed by atoms with Gasteiger partial charge in [-0.25, -0.2) is 0 Å². The third-order valence-electron chi connectivity index (χ3n) is 5.94. The molecule has 4 rings (SSSR count). The molecular weight excluding hydrogens is 408 g/mol. The Balaban J connectivity index is 1.44. The molecule has 170 valence electrons. The van der Waals surface area contributed by atoms with Gasteiger partial charge >= 0.3 is 0 Å². The first-order valence-electron chi connectivity index (χ1n) is 11.1. The summed E-state index contributed by atoms with van der Waals surface area (Å²) in [7, 11) is 0. The summed E-state index contributed by atoms with van der Waals surface area (Å²) in [4.78, 5) is 17.7. The maximum Gasteiger partial charge on any atom is 0.272 e. The van der Waals surface area contributed by atoms with Crippen LogP contribution in [0.2, 0.25) is 0 Å². The van der Waals surface area contributed by atoms with Crippen molar-refractivity contribution in [2.45, 2.75) is 25.4 Å². The molecule has 1 atom stereocenters. The highest BCUT2D eigenvalue weighted by atomic mass is 16.5. The van der Waals surface area contributed by atoms with Crippen LogP contribution in [0, 0.1) is 0 Å². The number of unbranched alkanes of at least 4 members (excludes halogenated alkanes) is 2. The van der Waals surface area contributed by atoms with Crippen molar-refractivity contribution in [3.63, 3.8) is 0 Å². The average molecular weight is 439 g/mol. The Labute approximate surface area is 188 Å². The molecule has 2 aromatic rings. The fraction of sp³-hybridized carbons (Fsp3) is 0.417. The van der Waals surface area contributed by atoms with E-state index in [1.54, 1.807) is 18.2 Å². The Morgan fingerprint density at radius 1 is 1.06 bits per heavy atom. The van der Waals surface area contributed by atoms with E-state index in [2.05, 4.69) is 10.1 Å². The molecule has 0 aromatic heterocycles. The number of benzene rings is 2. The summed E-state index contributed by atoms with van der Waals surface area (Å²) in [6.07, 6.45) is 2.30.